The van der Waals surface area contributed by atoms with Gasteiger partial charge in [-0.05, 0) is 31.2 Å². The van der Waals surface area contributed by atoms with Crippen molar-refractivity contribution in [3.8, 4) is 17.6 Å². The Morgan fingerprint density at radius 1 is 1.14 bits per heavy atom. The van der Waals surface area contributed by atoms with Crippen LogP contribution in [0.25, 0.3) is 0 Å². The number of aliphatic imine (C=N–C) groups is 1. The predicted molar refractivity (Wildman–Crippen MR) is 117 cm³/mol. The average molecular weight is 410 g/mol. The molecule has 0 bridgehead atoms. The van der Waals surface area contributed by atoms with Crippen LogP contribution in [0.1, 0.15) is 6.92 Å². The number of hydrogen-bond acceptors (Lipinski definition) is 7. The molecule has 0 fully saturated rings. The Labute approximate surface area is 174 Å². The highest BCUT2D eigenvalue weighted by atomic mass is 32.2. The summed E-state index contributed by atoms with van der Waals surface area (Å²) in [5, 5.41) is 12.8. The van der Waals surface area contributed by atoms with Gasteiger partial charge in [-0.3, -0.25) is 4.79 Å². The summed E-state index contributed by atoms with van der Waals surface area (Å²) < 4.78 is 10.7. The van der Waals surface area contributed by atoms with Crippen LogP contribution >= 0.6 is 11.8 Å². The van der Waals surface area contributed by atoms with Crippen molar-refractivity contribution >= 4 is 34.1 Å². The molecule has 0 aliphatic rings. The van der Waals surface area contributed by atoms with Gasteiger partial charge in [0.2, 0.25) is 0 Å². The molecule has 0 heterocycles. The third-order valence-corrected chi connectivity index (χ3v) is 4.65. The minimum Gasteiger partial charge on any atom is -0.495 e. The number of carbonyl (C=O) groups is 1. The number of nitrogens with zero attached hydrogens (tertiary/aromatic N) is 2. The highest BCUT2D eigenvalue weighted by Gasteiger charge is 2.15. The third kappa shape index (κ3) is 6.02. The molecule has 8 heteroatoms. The molecule has 0 atom stereocenters. The van der Waals surface area contributed by atoms with Crippen LogP contribution in [0.15, 0.2) is 64.8 Å². The SMILES string of the molecule is COc1ccccc1N=C(Nc1ccccc1OC)SCC(=O)/C(C#N)=C(/C)N. The average Bonchev–Trinajstić information content (AvgIpc) is 2.73. The first-order chi connectivity index (χ1) is 14.0. The van der Waals surface area contributed by atoms with Gasteiger partial charge in [0.1, 0.15) is 28.8 Å². The van der Waals surface area contributed by atoms with Crippen molar-refractivity contribution in [2.24, 2.45) is 10.7 Å². The van der Waals surface area contributed by atoms with Gasteiger partial charge in [0.25, 0.3) is 0 Å². The van der Waals surface area contributed by atoms with E-state index in [1.54, 1.807) is 26.4 Å². The van der Waals surface area contributed by atoms with Crippen LogP contribution in [0.2, 0.25) is 0 Å². The third-order valence-electron chi connectivity index (χ3n) is 3.78. The van der Waals surface area contributed by atoms with Gasteiger partial charge in [-0.1, -0.05) is 36.0 Å². The number of nitriles is 1. The largest absolute Gasteiger partial charge is 0.495 e. The maximum Gasteiger partial charge on any atom is 0.185 e. The molecule has 0 unspecified atom stereocenters. The number of nitrogens with two attached hydrogens (primary N) is 1. The Hall–Kier alpha value is -3.44. The number of methoxy groups -OCH3 is 2. The van der Waals surface area contributed by atoms with E-state index in [9.17, 15) is 4.79 Å². The Bertz CT molecular complexity index is 976. The van der Waals surface area contributed by atoms with Gasteiger partial charge >= 0.3 is 0 Å². The van der Waals surface area contributed by atoms with Crippen molar-refractivity contribution in [2.75, 3.05) is 25.3 Å². The minimum atomic E-state index is -0.368. The number of para-hydroxylation sites is 4. The maximum absolute atomic E-state index is 12.4. The molecule has 3 N–H and O–H groups in total. The molecule has 0 aromatic heterocycles. The molecule has 7 nitrogen and oxygen atoms in total. The predicted octanol–water partition coefficient (Wildman–Crippen LogP) is 3.86. The highest BCUT2D eigenvalue weighted by Crippen LogP contribution is 2.30. The zero-order valence-corrected chi connectivity index (χ0v) is 17.2. The van der Waals surface area contributed by atoms with Crippen LogP contribution < -0.4 is 20.5 Å². The summed E-state index contributed by atoms with van der Waals surface area (Å²) in [6.07, 6.45) is 0. The summed E-state index contributed by atoms with van der Waals surface area (Å²) >= 11 is 1.16. The lowest BCUT2D eigenvalue weighted by Crippen LogP contribution is -2.15. The lowest BCUT2D eigenvalue weighted by molar-refractivity contribution is -0.112. The number of rotatable bonds is 7. The van der Waals surface area contributed by atoms with Crippen LogP contribution in [0.4, 0.5) is 11.4 Å². The number of anilines is 1. The number of thioether (sulfide) groups is 1. The number of hydrogen-bond donors (Lipinski definition) is 2. The minimum absolute atomic E-state index is 0.00638. The van der Waals surface area contributed by atoms with Crippen molar-refractivity contribution in [1.82, 2.24) is 0 Å². The fourth-order valence-corrected chi connectivity index (χ4v) is 3.12. The molecule has 29 heavy (non-hydrogen) atoms. The molecule has 0 saturated carbocycles. The van der Waals surface area contributed by atoms with Crippen molar-refractivity contribution < 1.29 is 14.3 Å². The van der Waals surface area contributed by atoms with E-state index in [2.05, 4.69) is 10.3 Å². The van der Waals surface area contributed by atoms with E-state index in [4.69, 9.17) is 20.5 Å². The lowest BCUT2D eigenvalue weighted by Gasteiger charge is -2.13. The van der Waals surface area contributed by atoms with Crippen LogP contribution in [0.3, 0.4) is 0 Å². The van der Waals surface area contributed by atoms with Gasteiger partial charge in [0.15, 0.2) is 11.0 Å². The molecule has 2 aromatic rings. The van der Waals surface area contributed by atoms with Gasteiger partial charge in [-0.15, -0.1) is 0 Å². The van der Waals surface area contributed by atoms with Crippen molar-refractivity contribution in [1.29, 1.82) is 5.26 Å². The normalized spacial score (nSPS) is 11.9. The second kappa shape index (κ2) is 10.8. The number of nitrogens with one attached hydrogen (secondary N) is 1. The first-order valence-corrected chi connectivity index (χ1v) is 9.63. The highest BCUT2D eigenvalue weighted by molar-refractivity contribution is 8.14. The molecule has 0 radical (unpaired) electrons. The summed E-state index contributed by atoms with van der Waals surface area (Å²) in [6.45, 7) is 1.53. The fourth-order valence-electron chi connectivity index (χ4n) is 2.37. The summed E-state index contributed by atoms with van der Waals surface area (Å²) in [5.74, 6) is 0.844. The molecule has 0 amide bonds. The van der Waals surface area contributed by atoms with Crippen LogP contribution in [-0.2, 0) is 4.79 Å². The second-order valence-corrected chi connectivity index (χ2v) is 6.76. The number of ether oxygens (including phenoxy) is 2. The molecule has 2 aromatic carbocycles. The Kier molecular flexibility index (Phi) is 8.12. The first-order valence-electron chi connectivity index (χ1n) is 8.64. The molecule has 0 aliphatic heterocycles. The number of benzene rings is 2. The van der Waals surface area contributed by atoms with Gasteiger partial charge in [0, 0.05) is 5.70 Å². The number of amidine groups is 1. The number of ketones is 1. The van der Waals surface area contributed by atoms with E-state index in [0.717, 1.165) is 11.8 Å². The first kappa shape index (κ1) is 21.9. The summed E-state index contributed by atoms with van der Waals surface area (Å²) in [4.78, 5) is 17.0. The van der Waals surface area contributed by atoms with E-state index in [0.29, 0.717) is 28.0 Å². The van der Waals surface area contributed by atoms with Gasteiger partial charge in [0.05, 0.1) is 25.7 Å². The number of allylic oxidation sites excluding steroid dienone is 2. The second-order valence-electron chi connectivity index (χ2n) is 5.80. The van der Waals surface area contributed by atoms with Gasteiger partial charge in [-0.25, -0.2) is 4.99 Å². The Balaban J connectivity index is 2.35. The van der Waals surface area contributed by atoms with Crippen molar-refractivity contribution in [3.05, 3.63) is 59.8 Å². The molecular formula is C21H22N4O3S. The number of carbonyl (C=O) groups excluding carboxylic acids is 1. The molecule has 2 rings (SSSR count). The van der Waals surface area contributed by atoms with Crippen LogP contribution in [0, 0.1) is 11.3 Å². The summed E-state index contributed by atoms with van der Waals surface area (Å²) in [7, 11) is 3.13. The van der Waals surface area contributed by atoms with Crippen molar-refractivity contribution in [3.63, 3.8) is 0 Å². The topological polar surface area (TPSA) is 110 Å². The van der Waals surface area contributed by atoms with Crippen LogP contribution in [0.5, 0.6) is 11.5 Å². The zero-order chi connectivity index (χ0) is 21.2. The van der Waals surface area contributed by atoms with E-state index in [1.807, 2.05) is 42.5 Å². The molecule has 0 saturated heterocycles. The fraction of sp³-hybridized carbons (Fsp3) is 0.190. The maximum atomic E-state index is 12.4. The standard InChI is InChI=1S/C21H22N4O3S/c1-14(23)15(12-22)18(26)13-29-21(24-16-8-4-6-10-19(16)27-2)25-17-9-5-7-11-20(17)28-3/h4-11H,13,23H2,1-3H3,(H,24,25)/b15-14-. The van der Waals surface area contributed by atoms with Gasteiger partial charge in [-0.2, -0.15) is 5.26 Å². The summed E-state index contributed by atoms with van der Waals surface area (Å²) in [6, 6.07) is 16.5. The lowest BCUT2D eigenvalue weighted by atomic mass is 10.2. The molecule has 0 spiro atoms. The quantitative estimate of drug-likeness (QED) is 0.309. The summed E-state index contributed by atoms with van der Waals surface area (Å²) in [5.41, 5.74) is 7.05. The zero-order valence-electron chi connectivity index (χ0n) is 16.4. The van der Waals surface area contributed by atoms with E-state index >= 15 is 0 Å². The molecule has 0 aliphatic carbocycles. The van der Waals surface area contributed by atoms with Crippen molar-refractivity contribution in [2.45, 2.75) is 6.92 Å². The molecular weight excluding hydrogens is 388 g/mol. The van der Waals surface area contributed by atoms with E-state index in [-0.39, 0.29) is 22.8 Å². The monoisotopic (exact) mass is 410 g/mol. The Morgan fingerprint density at radius 2 is 1.76 bits per heavy atom. The van der Waals surface area contributed by atoms with E-state index in [1.165, 1.54) is 6.92 Å². The van der Waals surface area contributed by atoms with Gasteiger partial charge < -0.3 is 20.5 Å². The van der Waals surface area contributed by atoms with Crippen LogP contribution in [-0.4, -0.2) is 30.9 Å². The Morgan fingerprint density at radius 3 is 2.38 bits per heavy atom. The smallest absolute Gasteiger partial charge is 0.185 e. The number of Topliss-reactive ketones (excluding diaryl/α,β-unsaturated/α-hetero) is 1. The molecule has 150 valence electrons. The van der Waals surface area contributed by atoms with E-state index < -0.39 is 0 Å².